The summed E-state index contributed by atoms with van der Waals surface area (Å²) in [6.45, 7) is 6.91. The van der Waals surface area contributed by atoms with E-state index in [9.17, 15) is 4.79 Å². The zero-order chi connectivity index (χ0) is 13.9. The van der Waals surface area contributed by atoms with Gasteiger partial charge in [0, 0.05) is 25.9 Å². The minimum atomic E-state index is -1.19. The number of carbonyl (C=O) groups excluding carboxylic acids is 1. The summed E-state index contributed by atoms with van der Waals surface area (Å²) < 4.78 is 0. The number of hydrogen-bond acceptors (Lipinski definition) is 2. The van der Waals surface area contributed by atoms with E-state index < -0.39 is 8.07 Å². The molecule has 0 radical (unpaired) electrons. The zero-order valence-electron chi connectivity index (χ0n) is 12.2. The monoisotopic (exact) mass is 268 g/mol. The first-order chi connectivity index (χ1) is 8.45. The van der Waals surface area contributed by atoms with Crippen LogP contribution in [0.4, 0.5) is 0 Å². The lowest BCUT2D eigenvalue weighted by molar-refractivity contribution is -0.119. The Morgan fingerprint density at radius 1 is 1.00 bits per heavy atom. The lowest BCUT2D eigenvalue weighted by atomic mass is 10.1. The van der Waals surface area contributed by atoms with Crippen LogP contribution in [0.25, 0.3) is 0 Å². The van der Waals surface area contributed by atoms with Crippen LogP contribution in [0, 0.1) is 11.5 Å². The van der Waals surface area contributed by atoms with Crippen LogP contribution in [0.15, 0.2) is 0 Å². The van der Waals surface area contributed by atoms with Gasteiger partial charge in [-0.25, -0.2) is 0 Å². The smallest absolute Gasteiger partial charge is 0.132 e. The first-order valence-corrected chi connectivity index (χ1v) is 10.6. The molecular formula is C15H28O2Si. The van der Waals surface area contributed by atoms with Crippen molar-refractivity contribution in [1.29, 1.82) is 0 Å². The summed E-state index contributed by atoms with van der Waals surface area (Å²) in [5.74, 6) is 3.56. The highest BCUT2D eigenvalue weighted by Gasteiger charge is 2.06. The number of unbranched alkanes of at least 4 members (excludes halogenated alkanes) is 4. The van der Waals surface area contributed by atoms with Crippen LogP contribution in [0.3, 0.4) is 0 Å². The van der Waals surface area contributed by atoms with Gasteiger partial charge in [-0.1, -0.05) is 32.5 Å². The molecule has 0 aromatic rings. The van der Waals surface area contributed by atoms with Gasteiger partial charge in [-0.2, -0.15) is 0 Å². The standard InChI is InChI=1S/C15H28O2Si/c1-18(2,3)14-9-7-5-4-6-8-11-15(17)12-10-13-16/h16H,4-8,10-13H2,1-3H3. The van der Waals surface area contributed by atoms with Crippen LogP contribution in [-0.2, 0) is 4.79 Å². The second-order valence-electron chi connectivity index (χ2n) is 5.83. The Balaban J connectivity index is 3.35. The van der Waals surface area contributed by atoms with Crippen LogP contribution in [0.2, 0.25) is 19.6 Å². The topological polar surface area (TPSA) is 37.3 Å². The number of Topliss-reactive ketones (excluding diaryl/α,β-unsaturated/α-hetero) is 1. The highest BCUT2D eigenvalue weighted by Crippen LogP contribution is 2.07. The Hall–Kier alpha value is -0.593. The molecule has 0 saturated heterocycles. The van der Waals surface area contributed by atoms with Crippen LogP contribution >= 0.6 is 0 Å². The summed E-state index contributed by atoms with van der Waals surface area (Å²) in [7, 11) is -1.19. The SMILES string of the molecule is C[Si](C)(C)C#CCCCCCCC(=O)CCCO. The lowest BCUT2D eigenvalue weighted by Gasteiger charge is -2.03. The molecule has 0 aromatic carbocycles. The molecular weight excluding hydrogens is 240 g/mol. The van der Waals surface area contributed by atoms with Crippen LogP contribution < -0.4 is 0 Å². The van der Waals surface area contributed by atoms with Gasteiger partial charge in [0.25, 0.3) is 0 Å². The summed E-state index contributed by atoms with van der Waals surface area (Å²) in [6.07, 6.45) is 7.29. The quantitative estimate of drug-likeness (QED) is 0.394. The molecule has 0 atom stereocenters. The molecule has 0 aliphatic carbocycles. The summed E-state index contributed by atoms with van der Waals surface area (Å²) in [4.78, 5) is 11.3. The maximum atomic E-state index is 11.3. The molecule has 0 aromatic heterocycles. The van der Waals surface area contributed by atoms with Gasteiger partial charge in [0.1, 0.15) is 13.9 Å². The fourth-order valence-electron chi connectivity index (χ4n) is 1.62. The number of aliphatic hydroxyl groups excluding tert-OH is 1. The van der Waals surface area contributed by atoms with Crippen molar-refractivity contribution < 1.29 is 9.90 Å². The van der Waals surface area contributed by atoms with E-state index in [1.807, 2.05) is 0 Å². The second kappa shape index (κ2) is 10.3. The van der Waals surface area contributed by atoms with Gasteiger partial charge in [0.15, 0.2) is 0 Å². The highest BCUT2D eigenvalue weighted by atomic mass is 28.3. The number of ketones is 1. The van der Waals surface area contributed by atoms with E-state index in [-0.39, 0.29) is 6.61 Å². The molecule has 0 aliphatic rings. The molecule has 3 heteroatoms. The Kier molecular flexibility index (Phi) is 10.00. The summed E-state index contributed by atoms with van der Waals surface area (Å²) in [6, 6.07) is 0. The first-order valence-electron chi connectivity index (χ1n) is 7.08. The third kappa shape index (κ3) is 13.5. The van der Waals surface area contributed by atoms with Crippen molar-refractivity contribution in [3.05, 3.63) is 0 Å². The van der Waals surface area contributed by atoms with Crippen LogP contribution in [0.1, 0.15) is 51.4 Å². The normalized spacial score (nSPS) is 10.9. The molecule has 104 valence electrons. The minimum absolute atomic E-state index is 0.126. The molecule has 0 aliphatic heterocycles. The number of carbonyl (C=O) groups is 1. The number of hydrogen-bond donors (Lipinski definition) is 1. The van der Waals surface area contributed by atoms with Crippen molar-refractivity contribution in [2.75, 3.05) is 6.61 Å². The fraction of sp³-hybridized carbons (Fsp3) is 0.800. The van der Waals surface area contributed by atoms with Crippen LogP contribution in [-0.4, -0.2) is 25.6 Å². The summed E-state index contributed by atoms with van der Waals surface area (Å²) in [5, 5.41) is 8.60. The average molecular weight is 268 g/mol. The molecule has 0 fully saturated rings. The van der Waals surface area contributed by atoms with Gasteiger partial charge >= 0.3 is 0 Å². The molecule has 0 spiro atoms. The third-order valence-corrected chi connectivity index (χ3v) is 3.51. The zero-order valence-corrected chi connectivity index (χ0v) is 13.2. The molecule has 0 amide bonds. The van der Waals surface area contributed by atoms with Gasteiger partial charge < -0.3 is 5.11 Å². The Labute approximate surface area is 113 Å². The second-order valence-corrected chi connectivity index (χ2v) is 10.6. The molecule has 1 N–H and O–H groups in total. The Morgan fingerprint density at radius 2 is 1.61 bits per heavy atom. The molecule has 0 unspecified atom stereocenters. The molecule has 2 nitrogen and oxygen atoms in total. The maximum absolute atomic E-state index is 11.3. The van der Waals surface area contributed by atoms with Gasteiger partial charge in [-0.3, -0.25) is 4.79 Å². The van der Waals surface area contributed by atoms with Gasteiger partial charge in [0.05, 0.1) is 0 Å². The number of aliphatic hydroxyl groups is 1. The van der Waals surface area contributed by atoms with Crippen LogP contribution in [0.5, 0.6) is 0 Å². The minimum Gasteiger partial charge on any atom is -0.396 e. The van der Waals surface area contributed by atoms with Crippen molar-refractivity contribution in [2.24, 2.45) is 0 Å². The largest absolute Gasteiger partial charge is 0.396 e. The Bertz CT molecular complexity index is 281. The molecule has 0 saturated carbocycles. The van der Waals surface area contributed by atoms with Crippen molar-refractivity contribution in [1.82, 2.24) is 0 Å². The van der Waals surface area contributed by atoms with Crippen molar-refractivity contribution in [3.8, 4) is 11.5 Å². The highest BCUT2D eigenvalue weighted by molar-refractivity contribution is 6.83. The van der Waals surface area contributed by atoms with E-state index in [4.69, 9.17) is 5.11 Å². The van der Waals surface area contributed by atoms with E-state index in [0.717, 1.165) is 25.7 Å². The van der Waals surface area contributed by atoms with E-state index in [0.29, 0.717) is 25.0 Å². The predicted molar refractivity (Wildman–Crippen MR) is 80.2 cm³/mol. The Morgan fingerprint density at radius 3 is 2.22 bits per heavy atom. The summed E-state index contributed by atoms with van der Waals surface area (Å²) in [5.41, 5.74) is 3.37. The first kappa shape index (κ1) is 17.4. The van der Waals surface area contributed by atoms with Gasteiger partial charge in [-0.05, 0) is 19.3 Å². The van der Waals surface area contributed by atoms with E-state index in [2.05, 4.69) is 31.1 Å². The number of rotatable bonds is 9. The predicted octanol–water partition coefficient (Wildman–Crippen LogP) is 3.55. The molecule has 0 bridgehead atoms. The van der Waals surface area contributed by atoms with Gasteiger partial charge in [-0.15, -0.1) is 11.5 Å². The van der Waals surface area contributed by atoms with Gasteiger partial charge in [0.2, 0.25) is 0 Å². The maximum Gasteiger partial charge on any atom is 0.132 e. The molecule has 18 heavy (non-hydrogen) atoms. The van der Waals surface area contributed by atoms with Crippen molar-refractivity contribution in [3.63, 3.8) is 0 Å². The van der Waals surface area contributed by atoms with E-state index >= 15 is 0 Å². The lowest BCUT2D eigenvalue weighted by Crippen LogP contribution is -2.16. The molecule has 0 heterocycles. The van der Waals surface area contributed by atoms with Crippen molar-refractivity contribution in [2.45, 2.75) is 71.0 Å². The van der Waals surface area contributed by atoms with E-state index in [1.54, 1.807) is 0 Å². The van der Waals surface area contributed by atoms with Crippen molar-refractivity contribution >= 4 is 13.9 Å². The third-order valence-electron chi connectivity index (χ3n) is 2.58. The summed E-state index contributed by atoms with van der Waals surface area (Å²) >= 11 is 0. The fourth-order valence-corrected chi connectivity index (χ4v) is 2.27. The molecule has 0 rings (SSSR count). The average Bonchev–Trinajstić information content (AvgIpc) is 2.28. The van der Waals surface area contributed by atoms with E-state index in [1.165, 1.54) is 6.42 Å².